The number of benzene rings is 2. The Hall–Kier alpha value is -2.77. The predicted molar refractivity (Wildman–Crippen MR) is 111 cm³/mol. The number of alkyl halides is 3. The van der Waals surface area contributed by atoms with Crippen LogP contribution in [0.4, 0.5) is 18.0 Å². The van der Waals surface area contributed by atoms with E-state index in [4.69, 9.17) is 0 Å². The predicted octanol–water partition coefficient (Wildman–Crippen LogP) is 2.93. The summed E-state index contributed by atoms with van der Waals surface area (Å²) in [5.74, 6) is 0. The molecule has 1 aliphatic rings. The number of amides is 2. The van der Waals surface area contributed by atoms with Crippen LogP contribution in [0.3, 0.4) is 0 Å². The van der Waals surface area contributed by atoms with Gasteiger partial charge in [0.05, 0.1) is 17.3 Å². The average Bonchev–Trinajstić information content (AvgIpc) is 3.26. The minimum Gasteiger partial charge on any atom is -0.334 e. The molecule has 0 bridgehead atoms. The summed E-state index contributed by atoms with van der Waals surface area (Å²) in [6, 6.07) is 9.03. The highest BCUT2D eigenvalue weighted by Gasteiger charge is 2.32. The second-order valence-corrected chi connectivity index (χ2v) is 9.57. The van der Waals surface area contributed by atoms with Gasteiger partial charge in [-0.25, -0.2) is 13.2 Å². The van der Waals surface area contributed by atoms with Crippen molar-refractivity contribution in [1.82, 2.24) is 23.3 Å². The molecule has 0 radical (unpaired) electrons. The highest BCUT2D eigenvalue weighted by atomic mass is 32.2. The average molecular weight is 486 g/mol. The summed E-state index contributed by atoms with van der Waals surface area (Å²) in [6.07, 6.45) is -4.46. The summed E-state index contributed by atoms with van der Waals surface area (Å²) in [7, 11) is -3.81. The van der Waals surface area contributed by atoms with Gasteiger partial charge in [0.25, 0.3) is 0 Å². The molecule has 2 amide bonds. The maximum atomic E-state index is 13.1. The van der Waals surface area contributed by atoms with Gasteiger partial charge < -0.3 is 10.2 Å². The largest absolute Gasteiger partial charge is 0.416 e. The van der Waals surface area contributed by atoms with Crippen molar-refractivity contribution in [3.05, 3.63) is 53.6 Å². The van der Waals surface area contributed by atoms with E-state index in [0.29, 0.717) is 16.6 Å². The molecule has 32 heavy (non-hydrogen) atoms. The SMILES string of the molecule is O=C(NCc1cccc(C(F)(F)F)c1)N1CCN(S(=O)(=O)c2cccc3nsnc23)CC1. The molecule has 0 spiro atoms. The number of piperazine rings is 1. The van der Waals surface area contributed by atoms with Crippen LogP contribution in [-0.4, -0.2) is 58.6 Å². The maximum Gasteiger partial charge on any atom is 0.416 e. The zero-order chi connectivity index (χ0) is 22.9. The summed E-state index contributed by atoms with van der Waals surface area (Å²) in [4.78, 5) is 13.9. The van der Waals surface area contributed by atoms with E-state index < -0.39 is 27.8 Å². The Bertz CT molecular complexity index is 1240. The zero-order valence-corrected chi connectivity index (χ0v) is 18.2. The minimum atomic E-state index is -4.46. The second-order valence-electron chi connectivity index (χ2n) is 7.14. The number of carbonyl (C=O) groups excluding carboxylic acids is 1. The van der Waals surface area contributed by atoms with Gasteiger partial charge in [-0.1, -0.05) is 18.2 Å². The van der Waals surface area contributed by atoms with Gasteiger partial charge in [-0.3, -0.25) is 0 Å². The molecular formula is C19H18F3N5O3S2. The van der Waals surface area contributed by atoms with Crippen LogP contribution in [-0.2, 0) is 22.7 Å². The highest BCUT2D eigenvalue weighted by molar-refractivity contribution is 7.89. The Morgan fingerprint density at radius 3 is 2.50 bits per heavy atom. The number of urea groups is 1. The van der Waals surface area contributed by atoms with E-state index in [-0.39, 0.29) is 37.6 Å². The summed E-state index contributed by atoms with van der Waals surface area (Å²) in [5, 5.41) is 2.59. The van der Waals surface area contributed by atoms with Crippen molar-refractivity contribution < 1.29 is 26.4 Å². The normalized spacial score (nSPS) is 15.8. The summed E-state index contributed by atoms with van der Waals surface area (Å²) < 4.78 is 74.0. The summed E-state index contributed by atoms with van der Waals surface area (Å²) in [5.41, 5.74) is 0.357. The first-order chi connectivity index (χ1) is 15.2. The molecule has 1 aliphatic heterocycles. The fraction of sp³-hybridized carbons (Fsp3) is 0.316. The van der Waals surface area contributed by atoms with E-state index in [9.17, 15) is 26.4 Å². The maximum absolute atomic E-state index is 13.1. The summed E-state index contributed by atoms with van der Waals surface area (Å²) >= 11 is 0.933. The molecule has 13 heteroatoms. The second kappa shape index (κ2) is 8.64. The van der Waals surface area contributed by atoms with Gasteiger partial charge in [0.2, 0.25) is 10.0 Å². The number of aromatic nitrogens is 2. The quantitative estimate of drug-likeness (QED) is 0.613. The monoisotopic (exact) mass is 485 g/mol. The third kappa shape index (κ3) is 4.54. The molecule has 1 aromatic heterocycles. The third-order valence-corrected chi connectivity index (χ3v) is 7.56. The van der Waals surface area contributed by atoms with E-state index in [1.807, 2.05) is 0 Å². The minimum absolute atomic E-state index is 0.0694. The molecule has 170 valence electrons. The number of sulfonamides is 1. The molecule has 8 nitrogen and oxygen atoms in total. The van der Waals surface area contributed by atoms with Crippen LogP contribution in [0.2, 0.25) is 0 Å². The molecule has 4 rings (SSSR count). The molecule has 1 fully saturated rings. The first-order valence-electron chi connectivity index (χ1n) is 9.56. The fourth-order valence-electron chi connectivity index (χ4n) is 3.41. The molecule has 2 aromatic carbocycles. The lowest BCUT2D eigenvalue weighted by Crippen LogP contribution is -2.53. The van der Waals surface area contributed by atoms with Crippen molar-refractivity contribution in [3.63, 3.8) is 0 Å². The molecule has 1 N–H and O–H groups in total. The van der Waals surface area contributed by atoms with Gasteiger partial charge >= 0.3 is 12.2 Å². The number of fused-ring (bicyclic) bond motifs is 1. The molecule has 1 saturated heterocycles. The molecular weight excluding hydrogens is 467 g/mol. The highest BCUT2D eigenvalue weighted by Crippen LogP contribution is 2.29. The van der Waals surface area contributed by atoms with E-state index in [1.54, 1.807) is 12.1 Å². The van der Waals surface area contributed by atoms with Crippen molar-refractivity contribution in [2.45, 2.75) is 17.6 Å². The first kappa shape index (κ1) is 22.4. The third-order valence-electron chi connectivity index (χ3n) is 5.09. The lowest BCUT2D eigenvalue weighted by molar-refractivity contribution is -0.137. The van der Waals surface area contributed by atoms with Crippen LogP contribution in [0.5, 0.6) is 0 Å². The fourth-order valence-corrected chi connectivity index (χ4v) is 5.58. The Morgan fingerprint density at radius 1 is 1.06 bits per heavy atom. The van der Waals surface area contributed by atoms with Gasteiger partial charge in [0.15, 0.2) is 0 Å². The molecule has 3 aromatic rings. The Morgan fingerprint density at radius 2 is 1.78 bits per heavy atom. The molecule has 0 saturated carbocycles. The Labute approximate surface area is 186 Å². The smallest absolute Gasteiger partial charge is 0.334 e. The van der Waals surface area contributed by atoms with Crippen LogP contribution in [0.25, 0.3) is 11.0 Å². The van der Waals surface area contributed by atoms with E-state index in [2.05, 4.69) is 14.1 Å². The first-order valence-corrected chi connectivity index (χ1v) is 11.7. The number of hydrogen-bond donors (Lipinski definition) is 1. The van der Waals surface area contributed by atoms with E-state index in [1.165, 1.54) is 27.4 Å². The van der Waals surface area contributed by atoms with Crippen LogP contribution >= 0.6 is 11.7 Å². The summed E-state index contributed by atoms with van der Waals surface area (Å²) in [6.45, 7) is 0.415. The van der Waals surface area contributed by atoms with Crippen LogP contribution in [0, 0.1) is 0 Å². The number of rotatable bonds is 4. The molecule has 2 heterocycles. The number of hydrogen-bond acceptors (Lipinski definition) is 6. The van der Waals surface area contributed by atoms with Crippen molar-refractivity contribution in [1.29, 1.82) is 0 Å². The van der Waals surface area contributed by atoms with Crippen LogP contribution in [0.1, 0.15) is 11.1 Å². The van der Waals surface area contributed by atoms with Crippen molar-refractivity contribution >= 4 is 38.8 Å². The lowest BCUT2D eigenvalue weighted by Gasteiger charge is -2.34. The Kier molecular flexibility index (Phi) is 6.05. The van der Waals surface area contributed by atoms with Crippen molar-refractivity contribution in [3.8, 4) is 0 Å². The van der Waals surface area contributed by atoms with Gasteiger partial charge in [0, 0.05) is 32.7 Å². The zero-order valence-electron chi connectivity index (χ0n) is 16.5. The molecule has 0 unspecified atom stereocenters. The number of nitrogens with one attached hydrogen (secondary N) is 1. The van der Waals surface area contributed by atoms with E-state index in [0.717, 1.165) is 23.9 Å². The van der Waals surface area contributed by atoms with Gasteiger partial charge in [-0.15, -0.1) is 0 Å². The van der Waals surface area contributed by atoms with Gasteiger partial charge in [-0.2, -0.15) is 26.2 Å². The van der Waals surface area contributed by atoms with Crippen molar-refractivity contribution in [2.24, 2.45) is 0 Å². The number of carbonyl (C=O) groups is 1. The van der Waals surface area contributed by atoms with Crippen LogP contribution in [0.15, 0.2) is 47.4 Å². The standard InChI is InChI=1S/C19H18F3N5O3S2/c20-19(21,22)14-4-1-3-13(11-14)12-23-18(28)26-7-9-27(10-8-26)32(29,30)16-6-2-5-15-17(16)25-31-24-15/h1-6,11H,7-10,12H2,(H,23,28). The van der Waals surface area contributed by atoms with E-state index >= 15 is 0 Å². The molecule has 0 aliphatic carbocycles. The number of nitrogens with zero attached hydrogens (tertiary/aromatic N) is 4. The number of halogens is 3. The van der Waals surface area contributed by atoms with Gasteiger partial charge in [0.1, 0.15) is 15.9 Å². The molecule has 0 atom stereocenters. The van der Waals surface area contributed by atoms with Gasteiger partial charge in [-0.05, 0) is 29.8 Å². The van der Waals surface area contributed by atoms with Crippen molar-refractivity contribution in [2.75, 3.05) is 26.2 Å². The Balaban J connectivity index is 1.36. The van der Waals surface area contributed by atoms with Crippen LogP contribution < -0.4 is 5.32 Å². The lowest BCUT2D eigenvalue weighted by atomic mass is 10.1. The topological polar surface area (TPSA) is 95.5 Å².